The molecule has 2 atom stereocenters. The smallest absolute Gasteiger partial charge is 0.370 e. The van der Waals surface area contributed by atoms with E-state index in [9.17, 15) is 9.90 Å². The Morgan fingerprint density at radius 3 is 2.84 bits per heavy atom. The molecule has 0 fully saturated rings. The van der Waals surface area contributed by atoms with Crippen molar-refractivity contribution in [3.8, 4) is 11.5 Å². The maximum Gasteiger partial charge on any atom is 0.370 e. The highest BCUT2D eigenvalue weighted by Crippen LogP contribution is 2.38. The first-order valence-corrected chi connectivity index (χ1v) is 7.99. The lowest BCUT2D eigenvalue weighted by atomic mass is 9.92. The molecule has 3 rings (SSSR count). The van der Waals surface area contributed by atoms with Crippen LogP contribution in [0, 0.1) is 0 Å². The number of aliphatic hydroxyl groups is 1. The summed E-state index contributed by atoms with van der Waals surface area (Å²) in [5, 5.41) is 17.9. The summed E-state index contributed by atoms with van der Waals surface area (Å²) in [5.41, 5.74) is 0.899. The van der Waals surface area contributed by atoms with Crippen LogP contribution < -0.4 is 9.47 Å². The number of allylic oxidation sites excluding steroid dienone is 1. The van der Waals surface area contributed by atoms with Crippen molar-refractivity contribution in [3.63, 3.8) is 0 Å². The highest BCUT2D eigenvalue weighted by atomic mass is 16.7. The first-order valence-electron chi connectivity index (χ1n) is 7.99. The van der Waals surface area contributed by atoms with Gasteiger partial charge >= 0.3 is 5.97 Å². The zero-order valence-corrected chi connectivity index (χ0v) is 13.6. The fraction of sp³-hybridized carbons (Fsp3) is 0.471. The Morgan fingerprint density at radius 2 is 2.04 bits per heavy atom. The van der Waals surface area contributed by atoms with Gasteiger partial charge in [-0.05, 0) is 23.8 Å². The molecule has 0 spiro atoms. The molecule has 25 heavy (non-hydrogen) atoms. The molecule has 0 aliphatic carbocycles. The van der Waals surface area contributed by atoms with Crippen molar-refractivity contribution in [1.29, 1.82) is 0 Å². The number of fused-ring (bicyclic) bond motifs is 1. The molecule has 8 nitrogen and oxygen atoms in total. The van der Waals surface area contributed by atoms with Crippen LogP contribution in [0.25, 0.3) is 0 Å². The van der Waals surface area contributed by atoms with Crippen molar-refractivity contribution in [3.05, 3.63) is 35.6 Å². The molecule has 0 bridgehead atoms. The van der Waals surface area contributed by atoms with Crippen LogP contribution in [0.2, 0.25) is 0 Å². The molecule has 1 aromatic carbocycles. The lowest BCUT2D eigenvalue weighted by Gasteiger charge is -2.28. The van der Waals surface area contributed by atoms with E-state index in [0.717, 1.165) is 5.56 Å². The molecule has 1 aromatic rings. The SMILES string of the molecule is O=C(O)C1=C[C@@H](c2ccc3c(c2)OCO3)C[C@@H](OCCOCCO)O1. The second kappa shape index (κ2) is 8.19. The normalized spacial score (nSPS) is 21.6. The fourth-order valence-corrected chi connectivity index (χ4v) is 2.69. The number of ether oxygens (including phenoxy) is 5. The molecular weight excluding hydrogens is 332 g/mol. The molecule has 0 radical (unpaired) electrons. The minimum Gasteiger partial charge on any atom is -0.475 e. The molecule has 136 valence electrons. The van der Waals surface area contributed by atoms with Crippen LogP contribution in [0.15, 0.2) is 30.0 Å². The number of aliphatic hydroxyl groups excluding tert-OH is 1. The number of carboxylic acid groups (broad SMARTS) is 1. The van der Waals surface area contributed by atoms with Crippen LogP contribution in [0.3, 0.4) is 0 Å². The second-order valence-electron chi connectivity index (χ2n) is 5.55. The number of carboxylic acids is 1. The van der Waals surface area contributed by atoms with E-state index >= 15 is 0 Å². The predicted molar refractivity (Wildman–Crippen MR) is 84.4 cm³/mol. The van der Waals surface area contributed by atoms with E-state index in [-0.39, 0.29) is 38.3 Å². The molecule has 0 aromatic heterocycles. The van der Waals surface area contributed by atoms with Gasteiger partial charge in [0, 0.05) is 12.3 Å². The summed E-state index contributed by atoms with van der Waals surface area (Å²) in [5.74, 6) is -0.153. The summed E-state index contributed by atoms with van der Waals surface area (Å²) in [6, 6.07) is 5.52. The third kappa shape index (κ3) is 4.41. The molecule has 0 saturated heterocycles. The number of hydrogen-bond acceptors (Lipinski definition) is 7. The standard InChI is InChI=1S/C17H20O8/c18-3-4-21-5-6-22-16-9-12(8-15(25-16)17(19)20)11-1-2-13-14(7-11)24-10-23-13/h1-2,7-8,12,16,18H,3-6,9-10H2,(H,19,20)/t12-,16+/m1/s1. The van der Waals surface area contributed by atoms with Gasteiger partial charge in [-0.3, -0.25) is 0 Å². The fourth-order valence-electron chi connectivity index (χ4n) is 2.69. The van der Waals surface area contributed by atoms with Crippen molar-refractivity contribution in [2.45, 2.75) is 18.6 Å². The minimum atomic E-state index is -1.14. The zero-order chi connectivity index (χ0) is 17.6. The van der Waals surface area contributed by atoms with E-state index in [2.05, 4.69) is 0 Å². The van der Waals surface area contributed by atoms with Gasteiger partial charge in [-0.1, -0.05) is 6.07 Å². The van der Waals surface area contributed by atoms with E-state index in [1.165, 1.54) is 0 Å². The van der Waals surface area contributed by atoms with Gasteiger partial charge < -0.3 is 33.9 Å². The van der Waals surface area contributed by atoms with E-state index in [0.29, 0.717) is 24.5 Å². The van der Waals surface area contributed by atoms with Crippen molar-refractivity contribution < 1.29 is 38.7 Å². The quantitative estimate of drug-likeness (QED) is 0.674. The number of hydrogen-bond donors (Lipinski definition) is 2. The topological polar surface area (TPSA) is 104 Å². The molecule has 8 heteroatoms. The minimum absolute atomic E-state index is 0.0575. The van der Waals surface area contributed by atoms with Crippen molar-refractivity contribution in [2.24, 2.45) is 0 Å². The number of carbonyl (C=O) groups is 1. The summed E-state index contributed by atoms with van der Waals surface area (Å²) >= 11 is 0. The molecule has 0 saturated carbocycles. The average Bonchev–Trinajstić information content (AvgIpc) is 3.09. The maximum atomic E-state index is 11.3. The van der Waals surface area contributed by atoms with Crippen LogP contribution >= 0.6 is 0 Å². The van der Waals surface area contributed by atoms with Gasteiger partial charge in [-0.2, -0.15) is 0 Å². The first-order chi connectivity index (χ1) is 12.2. The Kier molecular flexibility index (Phi) is 5.75. The van der Waals surface area contributed by atoms with E-state index in [1.807, 2.05) is 12.1 Å². The van der Waals surface area contributed by atoms with E-state index < -0.39 is 12.3 Å². The largest absolute Gasteiger partial charge is 0.475 e. The van der Waals surface area contributed by atoms with Gasteiger partial charge in [0.25, 0.3) is 0 Å². The third-order valence-electron chi connectivity index (χ3n) is 3.86. The zero-order valence-electron chi connectivity index (χ0n) is 13.6. The van der Waals surface area contributed by atoms with Crippen molar-refractivity contribution >= 4 is 5.97 Å². The van der Waals surface area contributed by atoms with Crippen LogP contribution in [0.1, 0.15) is 17.9 Å². The summed E-state index contributed by atoms with van der Waals surface area (Å²) in [6.45, 7) is 0.891. The Hall–Kier alpha value is -2.29. The van der Waals surface area contributed by atoms with Gasteiger partial charge in [0.15, 0.2) is 11.5 Å². The summed E-state index contributed by atoms with van der Waals surface area (Å²) < 4.78 is 26.7. The summed E-state index contributed by atoms with van der Waals surface area (Å²) in [6.07, 6.45) is 1.35. The Labute approximate surface area is 144 Å². The Morgan fingerprint density at radius 1 is 1.20 bits per heavy atom. The predicted octanol–water partition coefficient (Wildman–Crippen LogP) is 1.24. The summed E-state index contributed by atoms with van der Waals surface area (Å²) in [4.78, 5) is 11.3. The molecule has 2 aliphatic heterocycles. The van der Waals surface area contributed by atoms with Crippen LogP contribution in [0.4, 0.5) is 0 Å². The lowest BCUT2D eigenvalue weighted by Crippen LogP contribution is -2.28. The molecule has 0 amide bonds. The summed E-state index contributed by atoms with van der Waals surface area (Å²) in [7, 11) is 0. The van der Waals surface area contributed by atoms with Crippen LogP contribution in [-0.2, 0) is 19.0 Å². The molecule has 2 N–H and O–H groups in total. The molecular formula is C17H20O8. The maximum absolute atomic E-state index is 11.3. The van der Waals surface area contributed by atoms with Gasteiger partial charge in [0.05, 0.1) is 26.4 Å². The van der Waals surface area contributed by atoms with Crippen molar-refractivity contribution in [2.75, 3.05) is 33.2 Å². The first kappa shape index (κ1) is 17.5. The number of benzene rings is 1. The number of rotatable bonds is 8. The van der Waals surface area contributed by atoms with E-state index in [1.54, 1.807) is 12.1 Å². The van der Waals surface area contributed by atoms with Gasteiger partial charge in [-0.15, -0.1) is 0 Å². The highest BCUT2D eigenvalue weighted by molar-refractivity contribution is 5.84. The van der Waals surface area contributed by atoms with Crippen LogP contribution in [0.5, 0.6) is 11.5 Å². The van der Waals surface area contributed by atoms with Gasteiger partial charge in [0.2, 0.25) is 18.8 Å². The van der Waals surface area contributed by atoms with Gasteiger partial charge in [-0.25, -0.2) is 4.79 Å². The number of aliphatic carboxylic acids is 1. The lowest BCUT2D eigenvalue weighted by molar-refractivity contribution is -0.160. The van der Waals surface area contributed by atoms with E-state index in [4.69, 9.17) is 28.8 Å². The molecule has 2 aliphatic rings. The van der Waals surface area contributed by atoms with Gasteiger partial charge in [0.1, 0.15) is 0 Å². The Bertz CT molecular complexity index is 642. The monoisotopic (exact) mass is 352 g/mol. The molecule has 2 heterocycles. The van der Waals surface area contributed by atoms with Crippen molar-refractivity contribution in [1.82, 2.24) is 0 Å². The highest BCUT2D eigenvalue weighted by Gasteiger charge is 2.29. The molecule has 0 unspecified atom stereocenters. The second-order valence-corrected chi connectivity index (χ2v) is 5.55. The Balaban J connectivity index is 1.67. The average molecular weight is 352 g/mol. The third-order valence-corrected chi connectivity index (χ3v) is 3.86. The van der Waals surface area contributed by atoms with Crippen LogP contribution in [-0.4, -0.2) is 55.7 Å².